The molecule has 1 aromatic rings. The first-order valence-corrected chi connectivity index (χ1v) is 5.52. The van der Waals surface area contributed by atoms with E-state index in [2.05, 4.69) is 0 Å². The molecule has 1 aromatic carbocycles. The minimum Gasteiger partial charge on any atom is -0.481 e. The number of carboxylic acid groups (broad SMARTS) is 1. The van der Waals surface area contributed by atoms with E-state index in [1.807, 2.05) is 0 Å². The molecule has 0 spiro atoms. The maximum absolute atomic E-state index is 12.7. The molecule has 0 fully saturated rings. The first kappa shape index (κ1) is 15.9. The molecular weight excluding hydrogens is 282 g/mol. The summed E-state index contributed by atoms with van der Waals surface area (Å²) in [7, 11) is 0. The van der Waals surface area contributed by atoms with E-state index in [4.69, 9.17) is 5.11 Å². The van der Waals surface area contributed by atoms with Crippen molar-refractivity contribution < 1.29 is 32.3 Å². The molecule has 20 heavy (non-hydrogen) atoms. The maximum atomic E-state index is 12.7. The molecule has 1 amide bonds. The molecule has 0 aliphatic rings. The number of hydrogen-bond donors (Lipinski definition) is 2. The number of benzene rings is 1. The van der Waals surface area contributed by atoms with Crippen LogP contribution in [0.2, 0.25) is 0 Å². The Morgan fingerprint density at radius 1 is 1.20 bits per heavy atom. The Morgan fingerprint density at radius 3 is 2.20 bits per heavy atom. The zero-order valence-corrected chi connectivity index (χ0v) is 10.1. The molecule has 0 radical (unpaired) electrons. The third kappa shape index (κ3) is 4.87. The zero-order valence-electron chi connectivity index (χ0n) is 10.1. The van der Waals surface area contributed by atoms with Crippen molar-refractivity contribution in [3.63, 3.8) is 0 Å². The lowest BCUT2D eigenvalue weighted by Gasteiger charge is -2.17. The van der Waals surface area contributed by atoms with Crippen molar-refractivity contribution in [2.24, 2.45) is 0 Å². The summed E-state index contributed by atoms with van der Waals surface area (Å²) in [6.45, 7) is -0.504. The van der Waals surface area contributed by atoms with E-state index < -0.39 is 42.8 Å². The van der Waals surface area contributed by atoms with Crippen molar-refractivity contribution >= 4 is 11.9 Å². The summed E-state index contributed by atoms with van der Waals surface area (Å²) >= 11 is 0. The van der Waals surface area contributed by atoms with Crippen molar-refractivity contribution in [1.29, 1.82) is 0 Å². The van der Waals surface area contributed by atoms with E-state index in [1.54, 1.807) is 5.32 Å². The van der Waals surface area contributed by atoms with Crippen LogP contribution in [0.4, 0.5) is 17.6 Å². The molecule has 0 heterocycles. The number of carbonyl (C=O) groups excluding carboxylic acids is 1. The fourth-order valence-electron chi connectivity index (χ4n) is 1.57. The molecule has 0 aromatic heterocycles. The summed E-state index contributed by atoms with van der Waals surface area (Å²) in [6, 6.07) is 4.66. The maximum Gasteiger partial charge on any atom is 0.471 e. The third-order valence-electron chi connectivity index (χ3n) is 2.53. The lowest BCUT2D eigenvalue weighted by molar-refractivity contribution is -0.173. The van der Waals surface area contributed by atoms with Gasteiger partial charge in [-0.2, -0.15) is 13.2 Å². The number of alkyl halides is 3. The van der Waals surface area contributed by atoms with Gasteiger partial charge in [-0.05, 0) is 17.7 Å². The molecule has 2 N–H and O–H groups in total. The third-order valence-corrected chi connectivity index (χ3v) is 2.53. The van der Waals surface area contributed by atoms with Crippen LogP contribution in [0.25, 0.3) is 0 Å². The molecule has 1 rings (SSSR count). The quantitative estimate of drug-likeness (QED) is 0.817. The number of carboxylic acids is 1. The Balaban J connectivity index is 2.77. The van der Waals surface area contributed by atoms with Crippen LogP contribution in [0, 0.1) is 5.82 Å². The van der Waals surface area contributed by atoms with Crippen LogP contribution in [0.3, 0.4) is 0 Å². The fourth-order valence-corrected chi connectivity index (χ4v) is 1.57. The normalized spacial score (nSPS) is 12.8. The van der Waals surface area contributed by atoms with Gasteiger partial charge in [0.15, 0.2) is 0 Å². The molecule has 0 saturated heterocycles. The highest BCUT2D eigenvalue weighted by atomic mass is 19.4. The van der Waals surface area contributed by atoms with E-state index in [0.29, 0.717) is 5.56 Å². The number of carbonyl (C=O) groups is 2. The molecule has 0 aliphatic heterocycles. The summed E-state index contributed by atoms with van der Waals surface area (Å²) in [4.78, 5) is 21.4. The van der Waals surface area contributed by atoms with Gasteiger partial charge < -0.3 is 10.4 Å². The van der Waals surface area contributed by atoms with Crippen LogP contribution in [-0.4, -0.2) is 29.7 Å². The van der Waals surface area contributed by atoms with Gasteiger partial charge in [-0.15, -0.1) is 0 Å². The molecule has 1 unspecified atom stereocenters. The second kappa shape index (κ2) is 6.36. The van der Waals surface area contributed by atoms with Crippen molar-refractivity contribution in [1.82, 2.24) is 5.32 Å². The molecular formula is C12H11F4NO3. The monoisotopic (exact) mass is 293 g/mol. The van der Waals surface area contributed by atoms with Crippen LogP contribution in [0.15, 0.2) is 24.3 Å². The molecule has 1 atom stereocenters. The van der Waals surface area contributed by atoms with Gasteiger partial charge in [-0.25, -0.2) is 4.39 Å². The van der Waals surface area contributed by atoms with Crippen LogP contribution < -0.4 is 5.32 Å². The van der Waals surface area contributed by atoms with Gasteiger partial charge in [0.1, 0.15) is 5.82 Å². The molecule has 4 nitrogen and oxygen atoms in total. The number of halogens is 4. The summed E-state index contributed by atoms with van der Waals surface area (Å²) in [6.07, 6.45) is -5.51. The van der Waals surface area contributed by atoms with Crippen LogP contribution in [0.1, 0.15) is 17.9 Å². The second-order valence-corrected chi connectivity index (χ2v) is 4.05. The number of nitrogens with one attached hydrogen (secondary N) is 1. The predicted octanol–water partition coefficient (Wildman–Crippen LogP) is 2.06. The van der Waals surface area contributed by atoms with Gasteiger partial charge in [0.05, 0.1) is 6.42 Å². The van der Waals surface area contributed by atoms with E-state index in [1.165, 1.54) is 12.1 Å². The first-order valence-electron chi connectivity index (χ1n) is 5.52. The van der Waals surface area contributed by atoms with Gasteiger partial charge in [-0.3, -0.25) is 9.59 Å². The van der Waals surface area contributed by atoms with E-state index in [0.717, 1.165) is 12.1 Å². The highest BCUT2D eigenvalue weighted by Crippen LogP contribution is 2.21. The first-order chi connectivity index (χ1) is 9.20. The topological polar surface area (TPSA) is 66.4 Å². The Bertz CT molecular complexity index is 484. The van der Waals surface area contributed by atoms with Crippen LogP contribution >= 0.6 is 0 Å². The van der Waals surface area contributed by atoms with Gasteiger partial charge in [-0.1, -0.05) is 12.1 Å². The Labute approximate surface area is 111 Å². The Morgan fingerprint density at radius 2 is 1.75 bits per heavy atom. The summed E-state index contributed by atoms with van der Waals surface area (Å²) in [5.41, 5.74) is 0.330. The highest BCUT2D eigenvalue weighted by Gasteiger charge is 2.38. The smallest absolute Gasteiger partial charge is 0.471 e. The number of amides is 1. The number of hydrogen-bond acceptors (Lipinski definition) is 2. The van der Waals surface area contributed by atoms with Crippen molar-refractivity contribution in [3.05, 3.63) is 35.6 Å². The Kier molecular flexibility index (Phi) is 5.06. The van der Waals surface area contributed by atoms with E-state index >= 15 is 0 Å². The largest absolute Gasteiger partial charge is 0.481 e. The van der Waals surface area contributed by atoms with E-state index in [-0.39, 0.29) is 0 Å². The fraction of sp³-hybridized carbons (Fsp3) is 0.333. The average molecular weight is 293 g/mol. The number of rotatable bonds is 5. The van der Waals surface area contributed by atoms with Gasteiger partial charge >= 0.3 is 18.1 Å². The van der Waals surface area contributed by atoms with Gasteiger partial charge in [0.2, 0.25) is 0 Å². The second-order valence-electron chi connectivity index (χ2n) is 4.05. The minimum atomic E-state index is -5.03. The summed E-state index contributed by atoms with van der Waals surface area (Å²) in [5, 5.41) is 10.3. The molecule has 0 saturated carbocycles. The standard InChI is InChI=1S/C12H11F4NO3/c13-9-3-1-7(2-4-9)8(5-10(18)19)6-17-11(20)12(14,15)16/h1-4,8H,5-6H2,(H,17,20)(H,18,19). The van der Waals surface area contributed by atoms with Gasteiger partial charge in [0, 0.05) is 12.5 Å². The highest BCUT2D eigenvalue weighted by molar-refractivity contribution is 5.81. The van der Waals surface area contributed by atoms with Gasteiger partial charge in [0.25, 0.3) is 0 Å². The summed E-state index contributed by atoms with van der Waals surface area (Å²) < 4.78 is 48.9. The molecule has 8 heteroatoms. The average Bonchev–Trinajstić information content (AvgIpc) is 2.33. The molecule has 0 bridgehead atoms. The van der Waals surface area contributed by atoms with Crippen LogP contribution in [-0.2, 0) is 9.59 Å². The van der Waals surface area contributed by atoms with Crippen molar-refractivity contribution in [3.8, 4) is 0 Å². The lowest BCUT2D eigenvalue weighted by atomic mass is 9.95. The minimum absolute atomic E-state index is 0.330. The van der Waals surface area contributed by atoms with Crippen molar-refractivity contribution in [2.45, 2.75) is 18.5 Å². The number of aliphatic carboxylic acids is 1. The molecule has 110 valence electrons. The lowest BCUT2D eigenvalue weighted by Crippen LogP contribution is -2.39. The Hall–Kier alpha value is -2.12. The van der Waals surface area contributed by atoms with E-state index in [9.17, 15) is 27.2 Å². The SMILES string of the molecule is O=C(O)CC(CNC(=O)C(F)(F)F)c1ccc(F)cc1. The predicted molar refractivity (Wildman–Crippen MR) is 60.5 cm³/mol. The van der Waals surface area contributed by atoms with Crippen molar-refractivity contribution in [2.75, 3.05) is 6.54 Å². The van der Waals surface area contributed by atoms with Crippen LogP contribution in [0.5, 0.6) is 0 Å². The summed E-state index contributed by atoms with van der Waals surface area (Å²) in [5.74, 6) is -4.81. The molecule has 0 aliphatic carbocycles. The zero-order chi connectivity index (χ0) is 15.3.